The first-order valence-electron chi connectivity index (χ1n) is 11.1. The van der Waals surface area contributed by atoms with E-state index in [1.165, 1.54) is 0 Å². The van der Waals surface area contributed by atoms with Gasteiger partial charge >= 0.3 is 6.01 Å². The summed E-state index contributed by atoms with van der Waals surface area (Å²) >= 11 is 0. The molecule has 168 valence electrons. The smallest absolute Gasteiger partial charge is 0.323 e. The van der Waals surface area contributed by atoms with Gasteiger partial charge in [0, 0.05) is 0 Å². The van der Waals surface area contributed by atoms with Gasteiger partial charge in [0.15, 0.2) is 0 Å². The zero-order valence-corrected chi connectivity index (χ0v) is 19.2. The van der Waals surface area contributed by atoms with E-state index in [-0.39, 0.29) is 6.01 Å². The number of aryl methyl sites for hydroxylation is 2. The molecule has 0 atom stereocenters. The Labute approximate surface area is 195 Å². The van der Waals surface area contributed by atoms with E-state index in [0.29, 0.717) is 31.4 Å². The highest BCUT2D eigenvalue weighted by molar-refractivity contribution is 5.42. The van der Waals surface area contributed by atoms with Gasteiger partial charge in [0.2, 0.25) is 11.8 Å². The van der Waals surface area contributed by atoms with Crippen LogP contribution in [0.1, 0.15) is 34.7 Å². The zero-order valence-electron chi connectivity index (χ0n) is 19.2. The molecule has 0 amide bonds. The molecule has 0 saturated carbocycles. The minimum Gasteiger partial charge on any atom is -0.472 e. The van der Waals surface area contributed by atoms with Crippen molar-refractivity contribution in [2.45, 2.75) is 40.4 Å². The maximum Gasteiger partial charge on any atom is 0.323 e. The van der Waals surface area contributed by atoms with Crippen LogP contribution in [0.25, 0.3) is 0 Å². The van der Waals surface area contributed by atoms with Crippen molar-refractivity contribution in [1.29, 1.82) is 0 Å². The van der Waals surface area contributed by atoms with Crippen molar-refractivity contribution in [2.75, 3.05) is 0 Å². The maximum atomic E-state index is 6.24. The third-order valence-electron chi connectivity index (χ3n) is 5.10. The van der Waals surface area contributed by atoms with Gasteiger partial charge in [-0.2, -0.15) is 9.97 Å². The Hall–Kier alpha value is -3.86. The molecule has 0 aliphatic rings. The Balaban J connectivity index is 1.65. The molecule has 0 aliphatic heterocycles. The van der Waals surface area contributed by atoms with Crippen molar-refractivity contribution in [1.82, 2.24) is 9.97 Å². The Morgan fingerprint density at radius 3 is 1.79 bits per heavy atom. The minimum atomic E-state index is 0.221. The zero-order chi connectivity index (χ0) is 23.0. The Morgan fingerprint density at radius 2 is 1.21 bits per heavy atom. The van der Waals surface area contributed by atoms with Crippen molar-refractivity contribution in [2.24, 2.45) is 0 Å². The molecule has 0 spiro atoms. The number of aromatic nitrogens is 2. The quantitative estimate of drug-likeness (QED) is 0.293. The standard InChI is InChI=1S/C28H28N2O3/c1-4-25-26(31-18-22-11-7-5-8-12-22)29-28(32-19-23-13-9-6-10-14-23)30-27(25)33-24-16-20(2)15-21(3)17-24/h5-17H,4,18-19H2,1-3H3. The summed E-state index contributed by atoms with van der Waals surface area (Å²) in [6.07, 6.45) is 0.656. The maximum absolute atomic E-state index is 6.24. The summed E-state index contributed by atoms with van der Waals surface area (Å²) in [4.78, 5) is 9.17. The normalized spacial score (nSPS) is 10.6. The van der Waals surface area contributed by atoms with Gasteiger partial charge in [-0.1, -0.05) is 73.7 Å². The predicted octanol–water partition coefficient (Wildman–Crippen LogP) is 6.61. The molecular weight excluding hydrogens is 412 g/mol. The van der Waals surface area contributed by atoms with E-state index < -0.39 is 0 Å². The number of nitrogens with zero attached hydrogens (tertiary/aromatic N) is 2. The van der Waals surface area contributed by atoms with Crippen LogP contribution in [0.3, 0.4) is 0 Å². The fourth-order valence-corrected chi connectivity index (χ4v) is 3.55. The van der Waals surface area contributed by atoms with Gasteiger partial charge in [-0.05, 0) is 54.7 Å². The van der Waals surface area contributed by atoms with Crippen LogP contribution in [0.2, 0.25) is 0 Å². The van der Waals surface area contributed by atoms with E-state index in [1.807, 2.05) is 93.6 Å². The van der Waals surface area contributed by atoms with E-state index >= 15 is 0 Å². The van der Waals surface area contributed by atoms with Gasteiger partial charge in [-0.15, -0.1) is 0 Å². The molecule has 0 bridgehead atoms. The Bertz CT molecular complexity index is 1170. The highest BCUT2D eigenvalue weighted by Gasteiger charge is 2.18. The highest BCUT2D eigenvalue weighted by atomic mass is 16.5. The molecule has 0 radical (unpaired) electrons. The third kappa shape index (κ3) is 6.10. The van der Waals surface area contributed by atoms with E-state index in [1.54, 1.807) is 0 Å². The summed E-state index contributed by atoms with van der Waals surface area (Å²) in [6.45, 7) is 6.87. The Morgan fingerprint density at radius 1 is 0.667 bits per heavy atom. The monoisotopic (exact) mass is 440 g/mol. The summed E-state index contributed by atoms with van der Waals surface area (Å²) in [7, 11) is 0. The first kappa shape index (κ1) is 22.3. The molecule has 0 unspecified atom stereocenters. The van der Waals surface area contributed by atoms with Gasteiger partial charge in [0.1, 0.15) is 19.0 Å². The topological polar surface area (TPSA) is 53.5 Å². The molecule has 4 aromatic rings. The van der Waals surface area contributed by atoms with Gasteiger partial charge in [0.25, 0.3) is 0 Å². The third-order valence-corrected chi connectivity index (χ3v) is 5.10. The second kappa shape index (κ2) is 10.6. The minimum absolute atomic E-state index is 0.221. The molecular formula is C28H28N2O3. The average molecular weight is 441 g/mol. The molecule has 3 aromatic carbocycles. The lowest BCUT2D eigenvalue weighted by Gasteiger charge is -2.16. The molecule has 0 fully saturated rings. The largest absolute Gasteiger partial charge is 0.472 e. The lowest BCUT2D eigenvalue weighted by atomic mass is 10.1. The second-order valence-electron chi connectivity index (χ2n) is 7.92. The van der Waals surface area contributed by atoms with Crippen LogP contribution in [0, 0.1) is 13.8 Å². The van der Waals surface area contributed by atoms with E-state index in [9.17, 15) is 0 Å². The first-order chi connectivity index (χ1) is 16.1. The van der Waals surface area contributed by atoms with Crippen molar-refractivity contribution in [3.63, 3.8) is 0 Å². The van der Waals surface area contributed by atoms with E-state index in [4.69, 9.17) is 14.2 Å². The lowest BCUT2D eigenvalue weighted by Crippen LogP contribution is -2.07. The molecule has 33 heavy (non-hydrogen) atoms. The molecule has 0 aliphatic carbocycles. The van der Waals surface area contributed by atoms with E-state index in [2.05, 4.69) is 16.0 Å². The molecule has 5 nitrogen and oxygen atoms in total. The molecule has 0 N–H and O–H groups in total. The number of rotatable bonds is 9. The molecule has 5 heteroatoms. The van der Waals surface area contributed by atoms with Gasteiger partial charge in [0.05, 0.1) is 5.56 Å². The summed E-state index contributed by atoms with van der Waals surface area (Å²) in [5, 5.41) is 0. The highest BCUT2D eigenvalue weighted by Crippen LogP contribution is 2.33. The first-order valence-corrected chi connectivity index (χ1v) is 11.1. The average Bonchev–Trinajstić information content (AvgIpc) is 2.82. The molecule has 0 saturated heterocycles. The number of hydrogen-bond acceptors (Lipinski definition) is 5. The van der Waals surface area contributed by atoms with E-state index in [0.717, 1.165) is 33.6 Å². The predicted molar refractivity (Wildman–Crippen MR) is 129 cm³/mol. The Kier molecular flexibility index (Phi) is 7.20. The SMILES string of the molecule is CCc1c(OCc2ccccc2)nc(OCc2ccccc2)nc1Oc1cc(C)cc(C)c1. The molecule has 1 aromatic heterocycles. The molecule has 4 rings (SSSR count). The van der Waals surface area contributed by atoms with Crippen LogP contribution in [0.5, 0.6) is 23.5 Å². The van der Waals surface area contributed by atoms with Crippen LogP contribution < -0.4 is 14.2 Å². The number of benzene rings is 3. The summed E-state index contributed by atoms with van der Waals surface area (Å²) in [6, 6.07) is 26.2. The van der Waals surface area contributed by atoms with Crippen molar-refractivity contribution < 1.29 is 14.2 Å². The lowest BCUT2D eigenvalue weighted by molar-refractivity contribution is 0.251. The van der Waals surface area contributed by atoms with Gasteiger partial charge in [-0.3, -0.25) is 0 Å². The fraction of sp³-hybridized carbons (Fsp3) is 0.214. The van der Waals surface area contributed by atoms with Crippen LogP contribution in [-0.2, 0) is 19.6 Å². The number of ether oxygens (including phenoxy) is 3. The van der Waals surface area contributed by atoms with Crippen molar-refractivity contribution in [3.05, 3.63) is 107 Å². The van der Waals surface area contributed by atoms with Crippen LogP contribution >= 0.6 is 0 Å². The van der Waals surface area contributed by atoms with Gasteiger partial charge < -0.3 is 14.2 Å². The summed E-state index contributed by atoms with van der Waals surface area (Å²) < 4.78 is 18.3. The van der Waals surface area contributed by atoms with Gasteiger partial charge in [-0.25, -0.2) is 0 Å². The summed E-state index contributed by atoms with van der Waals surface area (Å²) in [5.41, 5.74) is 5.14. The van der Waals surface area contributed by atoms with Crippen molar-refractivity contribution in [3.8, 4) is 23.5 Å². The van der Waals surface area contributed by atoms with Crippen LogP contribution in [0.15, 0.2) is 78.9 Å². The molecule has 1 heterocycles. The number of hydrogen-bond donors (Lipinski definition) is 0. The van der Waals surface area contributed by atoms with Crippen LogP contribution in [-0.4, -0.2) is 9.97 Å². The fourth-order valence-electron chi connectivity index (χ4n) is 3.55. The van der Waals surface area contributed by atoms with Crippen molar-refractivity contribution >= 4 is 0 Å². The second-order valence-corrected chi connectivity index (χ2v) is 7.92. The summed E-state index contributed by atoms with van der Waals surface area (Å²) in [5.74, 6) is 1.64. The van der Waals surface area contributed by atoms with Crippen LogP contribution in [0.4, 0.5) is 0 Å².